The van der Waals surface area contributed by atoms with Crippen molar-refractivity contribution in [2.45, 2.75) is 32.7 Å². The van der Waals surface area contributed by atoms with E-state index in [1.807, 2.05) is 29.2 Å². The van der Waals surface area contributed by atoms with E-state index in [4.69, 9.17) is 0 Å². The van der Waals surface area contributed by atoms with Crippen LogP contribution in [0.25, 0.3) is 10.9 Å². The zero-order valence-electron chi connectivity index (χ0n) is 16.9. The molecule has 154 valence electrons. The van der Waals surface area contributed by atoms with Crippen LogP contribution in [0.4, 0.5) is 5.69 Å². The highest BCUT2D eigenvalue weighted by Gasteiger charge is 2.24. The lowest BCUT2D eigenvalue weighted by Gasteiger charge is -2.25. The van der Waals surface area contributed by atoms with Crippen molar-refractivity contribution in [3.8, 4) is 0 Å². The quantitative estimate of drug-likeness (QED) is 0.660. The molecular weight excluding hydrogens is 380 g/mol. The fourth-order valence-electron chi connectivity index (χ4n) is 3.78. The Balaban J connectivity index is 1.54. The molecule has 2 amide bonds. The van der Waals surface area contributed by atoms with Crippen LogP contribution in [0.15, 0.2) is 48.5 Å². The second-order valence-corrected chi connectivity index (χ2v) is 7.56. The normalized spacial score (nSPS) is 14.0. The Hall–Kier alpha value is -3.48. The van der Waals surface area contributed by atoms with E-state index in [9.17, 15) is 14.4 Å². The van der Waals surface area contributed by atoms with Gasteiger partial charge in [-0.15, -0.1) is 0 Å². The summed E-state index contributed by atoms with van der Waals surface area (Å²) in [4.78, 5) is 38.8. The number of nitrogens with one attached hydrogen (secondary N) is 1. The van der Waals surface area contributed by atoms with E-state index in [2.05, 4.69) is 10.4 Å². The van der Waals surface area contributed by atoms with Crippen LogP contribution < -0.4 is 5.32 Å². The van der Waals surface area contributed by atoms with E-state index in [0.29, 0.717) is 16.9 Å². The maximum absolute atomic E-state index is 13.0. The first-order chi connectivity index (χ1) is 14.5. The van der Waals surface area contributed by atoms with Gasteiger partial charge in [-0.25, -0.2) is 0 Å². The number of rotatable bonds is 5. The molecule has 2 heterocycles. The second-order valence-electron chi connectivity index (χ2n) is 7.56. The lowest BCUT2D eigenvalue weighted by atomic mass is 10.1. The van der Waals surface area contributed by atoms with Crippen molar-refractivity contribution in [1.82, 2.24) is 14.7 Å². The largest absolute Gasteiger partial charge is 0.337 e. The number of anilines is 1. The van der Waals surface area contributed by atoms with Crippen molar-refractivity contribution in [3.63, 3.8) is 0 Å². The van der Waals surface area contributed by atoms with Crippen molar-refractivity contribution in [2.75, 3.05) is 18.4 Å². The van der Waals surface area contributed by atoms with Crippen molar-refractivity contribution in [1.29, 1.82) is 0 Å². The zero-order chi connectivity index (χ0) is 21.1. The fourth-order valence-corrected chi connectivity index (χ4v) is 3.78. The highest BCUT2D eigenvalue weighted by atomic mass is 16.2. The number of hydrogen-bond acceptors (Lipinski definition) is 4. The van der Waals surface area contributed by atoms with Crippen LogP contribution in [0.2, 0.25) is 0 Å². The van der Waals surface area contributed by atoms with Gasteiger partial charge in [0.05, 0.1) is 5.52 Å². The van der Waals surface area contributed by atoms with Gasteiger partial charge in [0.1, 0.15) is 6.54 Å². The second kappa shape index (κ2) is 8.49. The number of carbonyl (C=O) groups is 3. The van der Waals surface area contributed by atoms with Gasteiger partial charge in [-0.3, -0.25) is 19.1 Å². The van der Waals surface area contributed by atoms with Crippen LogP contribution in [-0.2, 0) is 11.3 Å². The number of Topliss-reactive ketones (excluding diaryl/α,β-unsaturated/α-hetero) is 1. The summed E-state index contributed by atoms with van der Waals surface area (Å²) < 4.78 is 1.58. The Morgan fingerprint density at radius 1 is 0.967 bits per heavy atom. The number of amides is 2. The number of nitrogens with zero attached hydrogens (tertiary/aromatic N) is 3. The Labute approximate surface area is 174 Å². The fraction of sp³-hybridized carbons (Fsp3) is 0.304. The number of carbonyl (C=O) groups excluding carboxylic acids is 3. The molecule has 1 N–H and O–H groups in total. The molecule has 30 heavy (non-hydrogen) atoms. The van der Waals surface area contributed by atoms with Crippen LogP contribution in [0.3, 0.4) is 0 Å². The first kappa shape index (κ1) is 19.8. The molecular formula is C23H24N4O3. The summed E-state index contributed by atoms with van der Waals surface area (Å²) in [6.45, 7) is 2.98. The van der Waals surface area contributed by atoms with Gasteiger partial charge in [0.2, 0.25) is 5.91 Å². The molecule has 3 aromatic rings. The monoisotopic (exact) mass is 404 g/mol. The van der Waals surface area contributed by atoms with Gasteiger partial charge >= 0.3 is 0 Å². The molecule has 0 unspecified atom stereocenters. The molecule has 0 radical (unpaired) electrons. The topological polar surface area (TPSA) is 84.3 Å². The molecule has 1 aromatic heterocycles. The number of aromatic nitrogens is 2. The maximum atomic E-state index is 13.0. The Kier molecular flexibility index (Phi) is 5.61. The minimum absolute atomic E-state index is 0.0117. The van der Waals surface area contributed by atoms with E-state index in [-0.39, 0.29) is 24.1 Å². The van der Waals surface area contributed by atoms with Crippen LogP contribution in [0.1, 0.15) is 47.0 Å². The molecule has 0 aliphatic carbocycles. The summed E-state index contributed by atoms with van der Waals surface area (Å²) in [6, 6.07) is 14.2. The molecule has 4 rings (SSSR count). The predicted molar refractivity (Wildman–Crippen MR) is 115 cm³/mol. The highest BCUT2D eigenvalue weighted by molar-refractivity contribution is 6.05. The number of para-hydroxylation sites is 1. The van der Waals surface area contributed by atoms with Gasteiger partial charge in [-0.05, 0) is 56.5 Å². The molecule has 0 bridgehead atoms. The predicted octanol–water partition coefficient (Wildman–Crippen LogP) is 3.50. The number of likely N-dealkylation sites (tertiary alicyclic amines) is 1. The number of benzene rings is 2. The standard InChI is InChI=1S/C23H24N4O3/c1-16(28)17-9-11-18(12-10-17)24-21(29)15-27-20-8-4-3-7-19(20)22(25-27)23(30)26-13-5-2-6-14-26/h3-4,7-12H,2,5-6,13-15H2,1H3,(H,24,29). The summed E-state index contributed by atoms with van der Waals surface area (Å²) in [7, 11) is 0. The average Bonchev–Trinajstić information content (AvgIpc) is 3.12. The van der Waals surface area contributed by atoms with Crippen LogP contribution in [-0.4, -0.2) is 45.4 Å². The molecule has 2 aromatic carbocycles. The SMILES string of the molecule is CC(=O)c1ccc(NC(=O)Cn2nc(C(=O)N3CCCCC3)c3ccccc32)cc1. The van der Waals surface area contributed by atoms with Crippen molar-refractivity contribution in [2.24, 2.45) is 0 Å². The lowest BCUT2D eigenvalue weighted by molar-refractivity contribution is -0.116. The van der Waals surface area contributed by atoms with E-state index >= 15 is 0 Å². The van der Waals surface area contributed by atoms with E-state index in [1.165, 1.54) is 6.92 Å². The minimum Gasteiger partial charge on any atom is -0.337 e. The van der Waals surface area contributed by atoms with E-state index in [0.717, 1.165) is 43.3 Å². The van der Waals surface area contributed by atoms with Gasteiger partial charge in [0, 0.05) is 29.7 Å². The van der Waals surface area contributed by atoms with Crippen LogP contribution in [0.5, 0.6) is 0 Å². The summed E-state index contributed by atoms with van der Waals surface area (Å²) in [5, 5.41) is 8.08. The average molecular weight is 404 g/mol. The van der Waals surface area contributed by atoms with Gasteiger partial charge < -0.3 is 10.2 Å². The third-order valence-corrected chi connectivity index (χ3v) is 5.37. The zero-order valence-corrected chi connectivity index (χ0v) is 16.9. The number of hydrogen-bond donors (Lipinski definition) is 1. The van der Waals surface area contributed by atoms with Crippen molar-refractivity contribution >= 4 is 34.2 Å². The van der Waals surface area contributed by atoms with Gasteiger partial charge in [0.25, 0.3) is 5.91 Å². The van der Waals surface area contributed by atoms with Gasteiger partial charge in [0.15, 0.2) is 11.5 Å². The molecule has 7 nitrogen and oxygen atoms in total. The summed E-state index contributed by atoms with van der Waals surface area (Å²) >= 11 is 0. The summed E-state index contributed by atoms with van der Waals surface area (Å²) in [5.74, 6) is -0.359. The van der Waals surface area contributed by atoms with Crippen LogP contribution in [0, 0.1) is 0 Å². The molecule has 1 aliphatic rings. The van der Waals surface area contributed by atoms with Crippen molar-refractivity contribution in [3.05, 3.63) is 59.8 Å². The molecule has 0 saturated carbocycles. The summed E-state index contributed by atoms with van der Waals surface area (Å²) in [5.41, 5.74) is 2.34. The molecule has 0 spiro atoms. The maximum Gasteiger partial charge on any atom is 0.275 e. The third-order valence-electron chi connectivity index (χ3n) is 5.37. The number of fused-ring (bicyclic) bond motifs is 1. The smallest absolute Gasteiger partial charge is 0.275 e. The Morgan fingerprint density at radius 3 is 2.37 bits per heavy atom. The lowest BCUT2D eigenvalue weighted by Crippen LogP contribution is -2.36. The number of piperidine rings is 1. The van der Waals surface area contributed by atoms with Crippen molar-refractivity contribution < 1.29 is 14.4 Å². The molecule has 1 aliphatic heterocycles. The first-order valence-corrected chi connectivity index (χ1v) is 10.2. The Bertz CT molecular complexity index is 1100. The molecule has 7 heteroatoms. The minimum atomic E-state index is -0.254. The summed E-state index contributed by atoms with van der Waals surface area (Å²) in [6.07, 6.45) is 3.16. The highest BCUT2D eigenvalue weighted by Crippen LogP contribution is 2.22. The molecule has 0 atom stereocenters. The first-order valence-electron chi connectivity index (χ1n) is 10.2. The van der Waals surface area contributed by atoms with E-state index in [1.54, 1.807) is 28.9 Å². The van der Waals surface area contributed by atoms with E-state index < -0.39 is 0 Å². The number of ketones is 1. The van der Waals surface area contributed by atoms with Gasteiger partial charge in [-0.1, -0.05) is 18.2 Å². The van der Waals surface area contributed by atoms with Gasteiger partial charge in [-0.2, -0.15) is 5.10 Å². The molecule has 1 fully saturated rings. The van der Waals surface area contributed by atoms with Crippen LogP contribution >= 0.6 is 0 Å². The third kappa shape index (κ3) is 4.10. The Morgan fingerprint density at radius 2 is 1.67 bits per heavy atom. The molecule has 1 saturated heterocycles.